The Morgan fingerprint density at radius 1 is 1.26 bits per heavy atom. The van der Waals surface area contributed by atoms with Crippen LogP contribution in [0.4, 0.5) is 0 Å². The van der Waals surface area contributed by atoms with E-state index in [0.29, 0.717) is 6.04 Å². The van der Waals surface area contributed by atoms with Crippen LogP contribution in [-0.4, -0.2) is 54.1 Å². The third kappa shape index (κ3) is 3.91. The summed E-state index contributed by atoms with van der Waals surface area (Å²) < 4.78 is 5.13. The Morgan fingerprint density at radius 2 is 2.00 bits per heavy atom. The second-order valence-electron chi connectivity index (χ2n) is 5.26. The van der Waals surface area contributed by atoms with Gasteiger partial charge in [-0.2, -0.15) is 0 Å². The van der Waals surface area contributed by atoms with Crippen molar-refractivity contribution in [2.45, 2.75) is 32.9 Å². The second kappa shape index (κ2) is 6.87. The maximum Gasteiger partial charge on any atom is 0.137 e. The van der Waals surface area contributed by atoms with Crippen molar-refractivity contribution in [3.8, 4) is 5.75 Å². The zero-order valence-electron chi connectivity index (χ0n) is 12.3. The smallest absolute Gasteiger partial charge is 0.137 e. The first-order chi connectivity index (χ1) is 9.22. The summed E-state index contributed by atoms with van der Waals surface area (Å²) in [6.45, 7) is 10.1. The normalized spacial score (nSPS) is 19.3. The van der Waals surface area contributed by atoms with Crippen LogP contribution in [0.3, 0.4) is 0 Å². The molecule has 1 aromatic heterocycles. The molecule has 1 fully saturated rings. The van der Waals surface area contributed by atoms with Crippen molar-refractivity contribution < 1.29 is 4.74 Å². The van der Waals surface area contributed by atoms with E-state index in [1.165, 1.54) is 19.5 Å². The molecule has 1 aromatic rings. The summed E-state index contributed by atoms with van der Waals surface area (Å²) >= 11 is 0. The highest BCUT2D eigenvalue weighted by Gasteiger charge is 2.20. The Labute approximate surface area is 116 Å². The van der Waals surface area contributed by atoms with Gasteiger partial charge in [0.15, 0.2) is 0 Å². The van der Waals surface area contributed by atoms with Gasteiger partial charge in [-0.25, -0.2) is 0 Å². The number of ether oxygens (including phenoxy) is 1. The lowest BCUT2D eigenvalue weighted by molar-refractivity contribution is 0.0956. The van der Waals surface area contributed by atoms with E-state index < -0.39 is 0 Å². The fourth-order valence-corrected chi connectivity index (χ4v) is 2.47. The van der Waals surface area contributed by atoms with Gasteiger partial charge in [-0.05, 0) is 25.5 Å². The maximum atomic E-state index is 5.13. The SMILES string of the molecule is CCC(C)N1CCN(Cc2ccc(OC)cn2)CC1. The van der Waals surface area contributed by atoms with Crippen molar-refractivity contribution in [3.05, 3.63) is 24.0 Å². The van der Waals surface area contributed by atoms with Crippen LogP contribution in [0.2, 0.25) is 0 Å². The van der Waals surface area contributed by atoms with Crippen molar-refractivity contribution in [3.63, 3.8) is 0 Å². The van der Waals surface area contributed by atoms with Gasteiger partial charge in [0.25, 0.3) is 0 Å². The molecular weight excluding hydrogens is 238 g/mol. The summed E-state index contributed by atoms with van der Waals surface area (Å²) in [6.07, 6.45) is 3.03. The van der Waals surface area contributed by atoms with Gasteiger partial charge < -0.3 is 4.74 Å². The van der Waals surface area contributed by atoms with Gasteiger partial charge in [-0.15, -0.1) is 0 Å². The van der Waals surface area contributed by atoms with Crippen LogP contribution in [0.5, 0.6) is 5.75 Å². The second-order valence-corrected chi connectivity index (χ2v) is 5.26. The van der Waals surface area contributed by atoms with E-state index in [1.807, 2.05) is 6.07 Å². The van der Waals surface area contributed by atoms with E-state index in [-0.39, 0.29) is 0 Å². The fourth-order valence-electron chi connectivity index (χ4n) is 2.47. The number of piperazine rings is 1. The first-order valence-corrected chi connectivity index (χ1v) is 7.18. The molecule has 19 heavy (non-hydrogen) atoms. The van der Waals surface area contributed by atoms with Gasteiger partial charge in [0, 0.05) is 38.8 Å². The minimum Gasteiger partial charge on any atom is -0.495 e. The molecule has 2 heterocycles. The van der Waals surface area contributed by atoms with Gasteiger partial charge in [0.2, 0.25) is 0 Å². The van der Waals surface area contributed by atoms with Gasteiger partial charge >= 0.3 is 0 Å². The lowest BCUT2D eigenvalue weighted by atomic mass is 10.2. The molecule has 4 nitrogen and oxygen atoms in total. The number of hydrogen-bond acceptors (Lipinski definition) is 4. The Balaban J connectivity index is 1.81. The number of aromatic nitrogens is 1. The molecule has 4 heteroatoms. The van der Waals surface area contributed by atoms with Gasteiger partial charge in [-0.1, -0.05) is 6.92 Å². The number of methoxy groups -OCH3 is 1. The molecule has 1 saturated heterocycles. The Kier molecular flexibility index (Phi) is 5.16. The predicted octanol–water partition coefficient (Wildman–Crippen LogP) is 2.01. The maximum absolute atomic E-state index is 5.13. The van der Waals surface area contributed by atoms with Crippen LogP contribution in [-0.2, 0) is 6.54 Å². The molecule has 1 aliphatic rings. The molecule has 0 radical (unpaired) electrons. The Hall–Kier alpha value is -1.13. The third-order valence-electron chi connectivity index (χ3n) is 4.04. The van der Waals surface area contributed by atoms with Crippen LogP contribution in [0.1, 0.15) is 26.0 Å². The van der Waals surface area contributed by atoms with Gasteiger partial charge in [0.1, 0.15) is 5.75 Å². The van der Waals surface area contributed by atoms with Crippen molar-refractivity contribution in [2.75, 3.05) is 33.3 Å². The molecule has 1 unspecified atom stereocenters. The Bertz CT molecular complexity index is 371. The highest BCUT2D eigenvalue weighted by molar-refractivity contribution is 5.19. The first kappa shape index (κ1) is 14.3. The molecule has 0 aliphatic carbocycles. The largest absolute Gasteiger partial charge is 0.495 e. The molecule has 1 aliphatic heterocycles. The van der Waals surface area contributed by atoms with Crippen LogP contribution in [0, 0.1) is 0 Å². The molecule has 2 rings (SSSR count). The van der Waals surface area contributed by atoms with Crippen molar-refractivity contribution in [1.82, 2.24) is 14.8 Å². The standard InChI is InChI=1S/C15H25N3O/c1-4-13(2)18-9-7-17(8-10-18)12-14-5-6-15(19-3)11-16-14/h5-6,11,13H,4,7-10,12H2,1-3H3. The molecule has 0 amide bonds. The van der Waals surface area contributed by atoms with Crippen LogP contribution >= 0.6 is 0 Å². The molecule has 0 N–H and O–H groups in total. The summed E-state index contributed by atoms with van der Waals surface area (Å²) in [7, 11) is 1.67. The summed E-state index contributed by atoms with van der Waals surface area (Å²) in [5.41, 5.74) is 1.12. The average molecular weight is 263 g/mol. The number of pyridine rings is 1. The predicted molar refractivity (Wildman–Crippen MR) is 77.4 cm³/mol. The number of hydrogen-bond donors (Lipinski definition) is 0. The van der Waals surface area contributed by atoms with Crippen molar-refractivity contribution in [1.29, 1.82) is 0 Å². The highest BCUT2D eigenvalue weighted by Crippen LogP contribution is 2.13. The summed E-state index contributed by atoms with van der Waals surface area (Å²) in [5.74, 6) is 0.824. The highest BCUT2D eigenvalue weighted by atomic mass is 16.5. The van der Waals surface area contributed by atoms with Crippen LogP contribution < -0.4 is 4.74 Å². The molecule has 0 saturated carbocycles. The average Bonchev–Trinajstić information content (AvgIpc) is 2.48. The van der Waals surface area contributed by atoms with E-state index in [4.69, 9.17) is 4.74 Å². The van der Waals surface area contributed by atoms with Gasteiger partial charge in [-0.3, -0.25) is 14.8 Å². The minimum absolute atomic E-state index is 0.710. The topological polar surface area (TPSA) is 28.6 Å². The minimum atomic E-state index is 0.710. The quantitative estimate of drug-likeness (QED) is 0.812. The third-order valence-corrected chi connectivity index (χ3v) is 4.04. The van der Waals surface area contributed by atoms with Crippen LogP contribution in [0.25, 0.3) is 0 Å². The molecule has 0 bridgehead atoms. The van der Waals surface area contributed by atoms with E-state index in [1.54, 1.807) is 13.3 Å². The van der Waals surface area contributed by atoms with E-state index in [2.05, 4.69) is 34.7 Å². The zero-order valence-corrected chi connectivity index (χ0v) is 12.3. The van der Waals surface area contributed by atoms with E-state index in [9.17, 15) is 0 Å². The summed E-state index contributed by atoms with van der Waals surface area (Å²) in [5, 5.41) is 0. The molecule has 1 atom stereocenters. The molecule has 106 valence electrons. The van der Waals surface area contributed by atoms with Crippen molar-refractivity contribution >= 4 is 0 Å². The molecule has 0 spiro atoms. The summed E-state index contributed by atoms with van der Waals surface area (Å²) in [6, 6.07) is 4.75. The fraction of sp³-hybridized carbons (Fsp3) is 0.667. The first-order valence-electron chi connectivity index (χ1n) is 7.18. The molecular formula is C15H25N3O. The Morgan fingerprint density at radius 3 is 2.53 bits per heavy atom. The van der Waals surface area contributed by atoms with Crippen molar-refractivity contribution in [2.24, 2.45) is 0 Å². The van der Waals surface area contributed by atoms with E-state index >= 15 is 0 Å². The zero-order chi connectivity index (χ0) is 13.7. The monoisotopic (exact) mass is 263 g/mol. The lowest BCUT2D eigenvalue weighted by Crippen LogP contribution is -2.49. The van der Waals surface area contributed by atoms with Crippen LogP contribution in [0.15, 0.2) is 18.3 Å². The lowest BCUT2D eigenvalue weighted by Gasteiger charge is -2.37. The van der Waals surface area contributed by atoms with Gasteiger partial charge in [0.05, 0.1) is 19.0 Å². The van der Waals surface area contributed by atoms with E-state index in [0.717, 1.165) is 31.1 Å². The molecule has 0 aromatic carbocycles. The number of nitrogens with zero attached hydrogens (tertiary/aromatic N) is 3. The number of rotatable bonds is 5. The summed E-state index contributed by atoms with van der Waals surface area (Å²) in [4.78, 5) is 9.49.